The molecule has 0 fully saturated rings. The molecule has 1 atom stereocenters. The van der Waals surface area contributed by atoms with Gasteiger partial charge in [-0.1, -0.05) is 10.6 Å². The Morgan fingerprint density at radius 3 is 2.60 bits per heavy atom. The van der Waals surface area contributed by atoms with E-state index in [9.17, 15) is 0 Å². The van der Waals surface area contributed by atoms with Gasteiger partial charge in [0.15, 0.2) is 11.5 Å². The van der Waals surface area contributed by atoms with Gasteiger partial charge in [-0.15, -0.1) is 5.10 Å². The quantitative estimate of drug-likeness (QED) is 0.599. The van der Waals surface area contributed by atoms with E-state index in [4.69, 9.17) is 15.3 Å². The summed E-state index contributed by atoms with van der Waals surface area (Å²) in [5.74, 6) is 7.09. The molecule has 0 aliphatic heterocycles. The van der Waals surface area contributed by atoms with Crippen LogP contribution in [-0.2, 0) is 0 Å². The molecule has 2 rings (SSSR count). The number of hydrogen-bond donors (Lipinski definition) is 2. The first kappa shape index (κ1) is 14.7. The highest BCUT2D eigenvalue weighted by molar-refractivity contribution is 7.05. The van der Waals surface area contributed by atoms with E-state index in [-0.39, 0.29) is 6.04 Å². The zero-order chi connectivity index (χ0) is 14.4. The topological polar surface area (TPSA) is 82.3 Å². The second-order valence-electron chi connectivity index (χ2n) is 3.99. The van der Waals surface area contributed by atoms with E-state index >= 15 is 0 Å². The number of nitrogens with one attached hydrogen (secondary N) is 1. The lowest BCUT2D eigenvalue weighted by Gasteiger charge is -2.17. The summed E-state index contributed by atoms with van der Waals surface area (Å²) in [5, 5.41) is 3.84. The normalized spacial score (nSPS) is 12.2. The monoisotopic (exact) mass is 294 g/mol. The number of ether oxygens (including phenoxy) is 2. The van der Waals surface area contributed by atoms with Crippen LogP contribution in [0.2, 0.25) is 0 Å². The second kappa shape index (κ2) is 7.18. The van der Waals surface area contributed by atoms with Crippen molar-refractivity contribution in [1.29, 1.82) is 0 Å². The minimum absolute atomic E-state index is 0.162. The summed E-state index contributed by atoms with van der Waals surface area (Å²) in [7, 11) is 0. The molecule has 0 saturated heterocycles. The van der Waals surface area contributed by atoms with Crippen molar-refractivity contribution in [2.45, 2.75) is 19.9 Å². The molecular formula is C13H18N4O2S. The minimum Gasteiger partial charge on any atom is -0.490 e. The Morgan fingerprint density at radius 2 is 2.00 bits per heavy atom. The average Bonchev–Trinajstić information content (AvgIpc) is 2.97. The van der Waals surface area contributed by atoms with Crippen molar-refractivity contribution in [2.24, 2.45) is 5.84 Å². The van der Waals surface area contributed by atoms with E-state index < -0.39 is 0 Å². The van der Waals surface area contributed by atoms with Crippen LogP contribution in [0.5, 0.6) is 11.5 Å². The molecule has 7 heteroatoms. The number of hydrogen-bond acceptors (Lipinski definition) is 7. The van der Waals surface area contributed by atoms with Crippen molar-refractivity contribution >= 4 is 11.5 Å². The van der Waals surface area contributed by atoms with Gasteiger partial charge in [-0.2, -0.15) is 0 Å². The Bertz CT molecular complexity index is 533. The maximum atomic E-state index is 5.65. The van der Waals surface area contributed by atoms with Gasteiger partial charge < -0.3 is 9.47 Å². The molecule has 0 radical (unpaired) electrons. The summed E-state index contributed by atoms with van der Waals surface area (Å²) in [4.78, 5) is 0.944. The van der Waals surface area contributed by atoms with E-state index in [1.165, 1.54) is 11.5 Å². The number of nitrogens with zero attached hydrogens (tertiary/aromatic N) is 2. The first-order chi connectivity index (χ1) is 9.80. The fourth-order valence-electron chi connectivity index (χ4n) is 1.89. The summed E-state index contributed by atoms with van der Waals surface area (Å²) in [6.07, 6.45) is 1.70. The van der Waals surface area contributed by atoms with E-state index in [2.05, 4.69) is 15.0 Å². The highest BCUT2D eigenvalue weighted by atomic mass is 32.1. The Labute approximate surface area is 122 Å². The molecule has 0 bridgehead atoms. The zero-order valence-electron chi connectivity index (χ0n) is 11.5. The van der Waals surface area contributed by atoms with Crippen molar-refractivity contribution < 1.29 is 9.47 Å². The lowest BCUT2D eigenvalue weighted by Crippen LogP contribution is -2.28. The first-order valence-corrected chi connectivity index (χ1v) is 7.20. The third-order valence-electron chi connectivity index (χ3n) is 2.73. The molecule has 0 aliphatic rings. The molecule has 20 heavy (non-hydrogen) atoms. The maximum absolute atomic E-state index is 5.65. The Balaban J connectivity index is 2.33. The van der Waals surface area contributed by atoms with Gasteiger partial charge in [-0.3, -0.25) is 5.84 Å². The fraction of sp³-hybridized carbons (Fsp3) is 0.385. The summed E-state index contributed by atoms with van der Waals surface area (Å²) in [5.41, 5.74) is 3.75. The van der Waals surface area contributed by atoms with Crippen molar-refractivity contribution in [2.75, 3.05) is 13.2 Å². The van der Waals surface area contributed by atoms with E-state index in [0.717, 1.165) is 16.2 Å². The van der Waals surface area contributed by atoms with Crippen molar-refractivity contribution in [1.82, 2.24) is 15.0 Å². The largest absolute Gasteiger partial charge is 0.490 e. The van der Waals surface area contributed by atoms with Gasteiger partial charge in [0.25, 0.3) is 0 Å². The number of hydrazine groups is 1. The van der Waals surface area contributed by atoms with Gasteiger partial charge in [-0.05, 0) is 43.1 Å². The molecular weight excluding hydrogens is 276 g/mol. The Morgan fingerprint density at radius 1 is 1.25 bits per heavy atom. The van der Waals surface area contributed by atoms with Gasteiger partial charge in [-0.25, -0.2) is 5.43 Å². The standard InChI is InChI=1S/C13H18N4O2S/c1-3-18-10-6-5-9(7-11(10)19-4-2)13(16-14)12-8-15-17-20-12/h5-8,13,16H,3-4,14H2,1-2H3. The maximum Gasteiger partial charge on any atom is 0.161 e. The molecule has 1 unspecified atom stereocenters. The number of aromatic nitrogens is 2. The SMILES string of the molecule is CCOc1ccc(C(NN)c2cnns2)cc1OCC. The highest BCUT2D eigenvalue weighted by Gasteiger charge is 2.17. The third kappa shape index (κ3) is 3.24. The van der Waals surface area contributed by atoms with Crippen LogP contribution >= 0.6 is 11.5 Å². The molecule has 2 aromatic rings. The van der Waals surface area contributed by atoms with Crippen LogP contribution in [-0.4, -0.2) is 22.8 Å². The molecule has 1 aromatic carbocycles. The second-order valence-corrected chi connectivity index (χ2v) is 4.81. The Hall–Kier alpha value is -1.70. The summed E-state index contributed by atoms with van der Waals surface area (Å²) in [6, 6.07) is 5.61. The van der Waals surface area contributed by atoms with Crippen LogP contribution in [0.1, 0.15) is 30.3 Å². The highest BCUT2D eigenvalue weighted by Crippen LogP contribution is 2.33. The molecule has 0 saturated carbocycles. The Kier molecular flexibility index (Phi) is 5.28. The molecule has 0 spiro atoms. The van der Waals surface area contributed by atoms with Crippen LogP contribution in [0, 0.1) is 0 Å². The van der Waals surface area contributed by atoms with Crippen LogP contribution in [0.3, 0.4) is 0 Å². The number of nitrogens with two attached hydrogens (primary N) is 1. The molecule has 108 valence electrons. The van der Waals surface area contributed by atoms with Gasteiger partial charge in [0.05, 0.1) is 30.3 Å². The van der Waals surface area contributed by atoms with Crippen molar-refractivity contribution in [3.63, 3.8) is 0 Å². The summed E-state index contributed by atoms with van der Waals surface area (Å²) in [6.45, 7) is 5.05. The third-order valence-corrected chi connectivity index (χ3v) is 3.46. The predicted molar refractivity (Wildman–Crippen MR) is 77.9 cm³/mol. The van der Waals surface area contributed by atoms with Gasteiger partial charge in [0.2, 0.25) is 0 Å². The molecule has 0 aliphatic carbocycles. The van der Waals surface area contributed by atoms with Gasteiger partial charge in [0.1, 0.15) is 0 Å². The molecule has 3 N–H and O–H groups in total. The van der Waals surface area contributed by atoms with Crippen LogP contribution in [0.4, 0.5) is 0 Å². The van der Waals surface area contributed by atoms with Crippen LogP contribution < -0.4 is 20.7 Å². The van der Waals surface area contributed by atoms with E-state index in [1.807, 2.05) is 32.0 Å². The van der Waals surface area contributed by atoms with Gasteiger partial charge >= 0.3 is 0 Å². The van der Waals surface area contributed by atoms with Crippen molar-refractivity contribution in [3.8, 4) is 11.5 Å². The summed E-state index contributed by atoms with van der Waals surface area (Å²) < 4.78 is 15.0. The zero-order valence-corrected chi connectivity index (χ0v) is 12.3. The van der Waals surface area contributed by atoms with Gasteiger partial charge in [0, 0.05) is 0 Å². The molecule has 0 amide bonds. The van der Waals surface area contributed by atoms with Crippen molar-refractivity contribution in [3.05, 3.63) is 34.8 Å². The number of rotatable bonds is 7. The molecule has 1 heterocycles. The average molecular weight is 294 g/mol. The van der Waals surface area contributed by atoms with E-state index in [0.29, 0.717) is 19.0 Å². The molecule has 6 nitrogen and oxygen atoms in total. The smallest absolute Gasteiger partial charge is 0.161 e. The minimum atomic E-state index is -0.162. The lowest BCUT2D eigenvalue weighted by molar-refractivity contribution is 0.287. The first-order valence-electron chi connectivity index (χ1n) is 6.43. The van der Waals surface area contributed by atoms with Crippen LogP contribution in [0.25, 0.3) is 0 Å². The number of benzene rings is 1. The van der Waals surface area contributed by atoms with E-state index in [1.54, 1.807) is 6.20 Å². The summed E-state index contributed by atoms with van der Waals surface area (Å²) >= 11 is 1.31. The molecule has 1 aromatic heterocycles. The predicted octanol–water partition coefficient (Wildman–Crippen LogP) is 1.89. The van der Waals surface area contributed by atoms with Crippen LogP contribution in [0.15, 0.2) is 24.4 Å². The fourth-order valence-corrected chi connectivity index (χ4v) is 2.48. The lowest BCUT2D eigenvalue weighted by atomic mass is 10.1.